The number of hydrogen-bond donors (Lipinski definition) is 2. The van der Waals surface area contributed by atoms with Gasteiger partial charge in [0.25, 0.3) is 0 Å². The number of nitrogens with one attached hydrogen (secondary N) is 1. The first-order chi connectivity index (χ1) is 8.24. The fourth-order valence-corrected chi connectivity index (χ4v) is 2.34. The fraction of sp³-hybridized carbons (Fsp3) is 0.462. The van der Waals surface area contributed by atoms with Gasteiger partial charge in [-0.1, -0.05) is 30.3 Å². The Morgan fingerprint density at radius 3 is 2.82 bits per heavy atom. The molecule has 1 aromatic carbocycles. The Labute approximate surface area is 101 Å². The van der Waals surface area contributed by atoms with Gasteiger partial charge in [0, 0.05) is 6.54 Å². The van der Waals surface area contributed by atoms with Crippen LogP contribution in [0.25, 0.3) is 0 Å². The first-order valence-corrected chi connectivity index (χ1v) is 5.95. The van der Waals surface area contributed by atoms with Gasteiger partial charge in [-0.3, -0.25) is 0 Å². The molecule has 17 heavy (non-hydrogen) atoms. The number of amides is 1. The molecule has 1 heterocycles. The topological polar surface area (TPSA) is 64.4 Å². The average Bonchev–Trinajstić information content (AvgIpc) is 2.30. The van der Waals surface area contributed by atoms with Gasteiger partial charge in [0.05, 0.1) is 0 Å². The number of rotatable bonds is 3. The zero-order valence-corrected chi connectivity index (χ0v) is 9.76. The highest BCUT2D eigenvalue weighted by Gasteiger charge is 2.23. The van der Waals surface area contributed by atoms with Crippen molar-refractivity contribution < 1.29 is 9.53 Å². The van der Waals surface area contributed by atoms with E-state index in [9.17, 15) is 4.79 Å². The van der Waals surface area contributed by atoms with Gasteiger partial charge in [-0.05, 0) is 30.9 Å². The number of carbonyl (C=O) groups is 1. The maximum atomic E-state index is 10.7. The third-order valence-electron chi connectivity index (χ3n) is 3.05. The van der Waals surface area contributed by atoms with Gasteiger partial charge in [-0.25, -0.2) is 4.79 Å². The number of nitrogens with two attached hydrogens (primary N) is 1. The molecule has 2 rings (SSSR count). The number of benzene rings is 1. The zero-order valence-electron chi connectivity index (χ0n) is 9.76. The zero-order chi connectivity index (χ0) is 12.1. The summed E-state index contributed by atoms with van der Waals surface area (Å²) in [5.41, 5.74) is 6.35. The van der Waals surface area contributed by atoms with Crippen LogP contribution in [0.1, 0.15) is 12.0 Å². The standard InChI is InChI=1S/C13H18N2O2/c14-13(16)17-12-7-11(8-15-9-12)6-10-4-2-1-3-5-10/h1-5,11-12,15H,6-9H2,(H2,14,16). The molecule has 2 unspecified atom stereocenters. The molecule has 0 aliphatic carbocycles. The number of carbonyl (C=O) groups excluding carboxylic acids is 1. The Morgan fingerprint density at radius 2 is 2.12 bits per heavy atom. The van der Waals surface area contributed by atoms with Crippen molar-refractivity contribution in [3.8, 4) is 0 Å². The van der Waals surface area contributed by atoms with Crippen LogP contribution in [0, 0.1) is 5.92 Å². The summed E-state index contributed by atoms with van der Waals surface area (Å²) in [7, 11) is 0. The lowest BCUT2D eigenvalue weighted by Crippen LogP contribution is -2.43. The van der Waals surface area contributed by atoms with Gasteiger partial charge < -0.3 is 15.8 Å². The molecule has 1 saturated heterocycles. The quantitative estimate of drug-likeness (QED) is 0.828. The monoisotopic (exact) mass is 234 g/mol. The number of piperidine rings is 1. The van der Waals surface area contributed by atoms with Crippen LogP contribution in [0.3, 0.4) is 0 Å². The van der Waals surface area contributed by atoms with Gasteiger partial charge in [-0.2, -0.15) is 0 Å². The molecule has 0 radical (unpaired) electrons. The van der Waals surface area contributed by atoms with Crippen LogP contribution in [0.2, 0.25) is 0 Å². The molecule has 2 atom stereocenters. The van der Waals surface area contributed by atoms with Gasteiger partial charge in [0.2, 0.25) is 0 Å². The molecule has 0 bridgehead atoms. The summed E-state index contributed by atoms with van der Waals surface area (Å²) < 4.78 is 5.04. The number of primary amides is 1. The van der Waals surface area contributed by atoms with Crippen molar-refractivity contribution in [1.29, 1.82) is 0 Å². The van der Waals surface area contributed by atoms with Crippen LogP contribution in [-0.2, 0) is 11.2 Å². The van der Waals surface area contributed by atoms with Crippen molar-refractivity contribution in [1.82, 2.24) is 5.32 Å². The molecule has 1 aromatic rings. The minimum absolute atomic E-state index is 0.0880. The third kappa shape index (κ3) is 3.75. The van der Waals surface area contributed by atoms with Crippen LogP contribution in [0.5, 0.6) is 0 Å². The normalized spacial score (nSPS) is 24.2. The van der Waals surface area contributed by atoms with E-state index in [0.717, 1.165) is 19.4 Å². The molecule has 1 aliphatic rings. The second-order valence-corrected chi connectivity index (χ2v) is 4.51. The summed E-state index contributed by atoms with van der Waals surface area (Å²) in [6, 6.07) is 10.4. The SMILES string of the molecule is NC(=O)OC1CNCC(Cc2ccccc2)C1. The summed E-state index contributed by atoms with van der Waals surface area (Å²) in [6.45, 7) is 1.67. The minimum atomic E-state index is -0.683. The van der Waals surface area contributed by atoms with E-state index in [4.69, 9.17) is 10.5 Å². The fourth-order valence-electron chi connectivity index (χ4n) is 2.34. The van der Waals surface area contributed by atoms with Gasteiger partial charge in [0.1, 0.15) is 6.10 Å². The van der Waals surface area contributed by atoms with Crippen molar-refractivity contribution in [2.24, 2.45) is 11.7 Å². The van der Waals surface area contributed by atoms with Crippen LogP contribution in [0.15, 0.2) is 30.3 Å². The smallest absolute Gasteiger partial charge is 0.404 e. The molecular weight excluding hydrogens is 216 g/mol. The molecule has 0 spiro atoms. The Bertz CT molecular complexity index is 367. The average molecular weight is 234 g/mol. The molecule has 1 fully saturated rings. The first-order valence-electron chi connectivity index (χ1n) is 5.95. The highest BCUT2D eigenvalue weighted by Crippen LogP contribution is 2.18. The molecule has 3 N–H and O–H groups in total. The summed E-state index contributed by atoms with van der Waals surface area (Å²) in [6.07, 6.45) is 1.12. The maximum Gasteiger partial charge on any atom is 0.404 e. The van der Waals surface area contributed by atoms with Crippen LogP contribution >= 0.6 is 0 Å². The Kier molecular flexibility index (Phi) is 3.98. The second kappa shape index (κ2) is 5.68. The summed E-state index contributed by atoms with van der Waals surface area (Å²) in [4.78, 5) is 10.7. The lowest BCUT2D eigenvalue weighted by Gasteiger charge is -2.29. The summed E-state index contributed by atoms with van der Waals surface area (Å²) in [5, 5.41) is 3.28. The van der Waals surface area contributed by atoms with Crippen LogP contribution in [-0.4, -0.2) is 25.3 Å². The summed E-state index contributed by atoms with van der Waals surface area (Å²) in [5.74, 6) is 0.496. The van der Waals surface area contributed by atoms with Gasteiger partial charge in [0.15, 0.2) is 0 Å². The lowest BCUT2D eigenvalue weighted by atomic mass is 9.91. The Balaban J connectivity index is 1.87. The number of ether oxygens (including phenoxy) is 1. The van der Waals surface area contributed by atoms with E-state index in [1.807, 2.05) is 18.2 Å². The van der Waals surface area contributed by atoms with Crippen molar-refractivity contribution in [3.05, 3.63) is 35.9 Å². The molecule has 4 nitrogen and oxygen atoms in total. The lowest BCUT2D eigenvalue weighted by molar-refractivity contribution is 0.0750. The van der Waals surface area contributed by atoms with E-state index in [0.29, 0.717) is 12.5 Å². The molecule has 0 aromatic heterocycles. The van der Waals surface area contributed by atoms with Gasteiger partial charge >= 0.3 is 6.09 Å². The van der Waals surface area contributed by atoms with E-state index in [1.165, 1.54) is 5.56 Å². The maximum absolute atomic E-state index is 10.7. The molecular formula is C13H18N2O2. The molecule has 1 amide bonds. The molecule has 0 saturated carbocycles. The largest absolute Gasteiger partial charge is 0.445 e. The number of hydrogen-bond acceptors (Lipinski definition) is 3. The molecule has 4 heteroatoms. The second-order valence-electron chi connectivity index (χ2n) is 4.51. The van der Waals surface area contributed by atoms with Crippen LogP contribution in [0.4, 0.5) is 4.79 Å². The molecule has 1 aliphatic heterocycles. The first kappa shape index (κ1) is 11.9. The van der Waals surface area contributed by atoms with Crippen LogP contribution < -0.4 is 11.1 Å². The molecule has 92 valence electrons. The van der Waals surface area contributed by atoms with E-state index >= 15 is 0 Å². The predicted octanol–water partition coefficient (Wildman–Crippen LogP) is 1.30. The van der Waals surface area contributed by atoms with E-state index < -0.39 is 6.09 Å². The predicted molar refractivity (Wildman–Crippen MR) is 65.6 cm³/mol. The third-order valence-corrected chi connectivity index (χ3v) is 3.05. The van der Waals surface area contributed by atoms with Crippen molar-refractivity contribution in [2.45, 2.75) is 18.9 Å². The Morgan fingerprint density at radius 1 is 1.35 bits per heavy atom. The summed E-state index contributed by atoms with van der Waals surface area (Å²) >= 11 is 0. The van der Waals surface area contributed by atoms with E-state index in [1.54, 1.807) is 0 Å². The van der Waals surface area contributed by atoms with Crippen molar-refractivity contribution >= 4 is 6.09 Å². The van der Waals surface area contributed by atoms with Gasteiger partial charge in [-0.15, -0.1) is 0 Å². The minimum Gasteiger partial charge on any atom is -0.445 e. The Hall–Kier alpha value is -1.55. The van der Waals surface area contributed by atoms with Crippen molar-refractivity contribution in [3.63, 3.8) is 0 Å². The highest BCUT2D eigenvalue weighted by molar-refractivity contribution is 5.64. The van der Waals surface area contributed by atoms with E-state index in [2.05, 4.69) is 17.4 Å². The highest BCUT2D eigenvalue weighted by atomic mass is 16.6. The van der Waals surface area contributed by atoms with Crippen molar-refractivity contribution in [2.75, 3.05) is 13.1 Å². The van der Waals surface area contributed by atoms with E-state index in [-0.39, 0.29) is 6.10 Å².